The average Bonchev–Trinajstić information content (AvgIpc) is 1.72. The normalized spacial score (nSPS) is 12.9. The van der Waals surface area contributed by atoms with E-state index < -0.39 is 40.5 Å². The molecule has 0 amide bonds. The van der Waals surface area contributed by atoms with Gasteiger partial charge >= 0.3 is 0 Å². The molecule has 10 rings (SSSR count). The maximum Gasteiger partial charge on any atom is 0.296 e. The summed E-state index contributed by atoms with van der Waals surface area (Å²) in [6.07, 6.45) is 4.38. The van der Waals surface area contributed by atoms with Crippen LogP contribution in [0.5, 0.6) is 0 Å². The van der Waals surface area contributed by atoms with Crippen molar-refractivity contribution in [2.75, 3.05) is 43.6 Å². The van der Waals surface area contributed by atoms with Crippen LogP contribution in [-0.2, 0) is 70.3 Å². The molecule has 21 nitrogen and oxygen atoms in total. The van der Waals surface area contributed by atoms with Crippen molar-refractivity contribution in [3.63, 3.8) is 0 Å². The predicted molar refractivity (Wildman–Crippen MR) is 384 cm³/mol. The molecular weight excluding hydrogens is 1490 g/mol. The van der Waals surface area contributed by atoms with Gasteiger partial charge in [0.1, 0.15) is 0 Å². The fourth-order valence-electron chi connectivity index (χ4n) is 9.46. The fourth-order valence-corrected chi connectivity index (χ4v) is 14.5. The standard InChI is InChI=1S/2C20H24BrN3O3S.C20H26O6S2.C7H6BrN3/c1-14-5-8-17(9-6-14)28(25,26)27-13-15(2)4-3-11-24-19-10-7-16(21)12-18(19)23-20(24)22;1-14-5-8-17(9-6-14)28(25,26)27-13-15(2)4-3-11-24-19-12-16(21)7-10-18(19)23-20(24)22;1-16-6-10-19(11-7-16)27(21,22)25-14-4-5-18(3)15-26-28(23,24)20-12-8-17(2)9-13-20;8-4-1-2-5-6(3-4)11-7(9)10-5/h2*5-10,12,15H,3-4,11,13H2,1-2H3,(H2,22,23);6-13,18H,4-5,14-15H2,1-3H3;1-3H,(H3,9,10,11)/t2*15-;18-;/m000./s1. The number of anilines is 3. The molecule has 0 saturated carbocycles. The number of nitrogens with one attached hydrogen (secondary N) is 1. The molecule has 3 aromatic heterocycles. The van der Waals surface area contributed by atoms with Crippen molar-refractivity contribution in [2.24, 2.45) is 17.8 Å². The first-order valence-electron chi connectivity index (χ1n) is 30.5. The third-order valence-electron chi connectivity index (χ3n) is 14.9. The first kappa shape index (κ1) is 75.8. The topological polar surface area (TPSA) is 316 Å². The molecule has 0 aliphatic heterocycles. The Kier molecular flexibility index (Phi) is 27.6. The SMILES string of the molecule is Cc1ccc(S(=O)(=O)OCCC[C@H](C)COS(=O)(=O)c2ccc(C)cc2)cc1.Cc1ccc(S(=O)(=O)OC[C@@H](C)CCCn2c(N)nc3cc(Br)ccc32)cc1.Cc1ccc(S(=O)(=O)OC[C@@H](C)CCCn2c(N)nc3ccc(Br)cc32)cc1.Nc1nc2ccc(Br)cc2[nH]1. The minimum absolute atomic E-state index is 0.0287. The predicted octanol–water partition coefficient (Wildman–Crippen LogP) is 14.8. The molecule has 7 aromatic carbocycles. The Labute approximate surface area is 582 Å². The molecule has 0 fully saturated rings. The second-order valence-corrected chi connectivity index (χ2v) is 32.5. The van der Waals surface area contributed by atoms with E-state index in [1.54, 1.807) is 72.8 Å². The number of nitrogens with zero attached hydrogens (tertiary/aromatic N) is 5. The number of aryl methyl sites for hydroxylation is 6. The zero-order chi connectivity index (χ0) is 69.3. The van der Waals surface area contributed by atoms with E-state index in [2.05, 4.69) is 67.7 Å². The van der Waals surface area contributed by atoms with Crippen molar-refractivity contribution >= 4 is 139 Å². The second-order valence-electron chi connectivity index (χ2n) is 23.3. The summed E-state index contributed by atoms with van der Waals surface area (Å²) in [5.41, 5.74) is 27.0. The molecule has 510 valence electrons. The molecular formula is C67H80Br3N9O12S4. The summed E-state index contributed by atoms with van der Waals surface area (Å²) in [5.74, 6) is 1.57. The number of nitrogens with two attached hydrogens (primary N) is 3. The van der Waals surface area contributed by atoms with Gasteiger partial charge in [-0.3, -0.25) is 16.7 Å². The minimum atomic E-state index is -3.79. The van der Waals surface area contributed by atoms with Gasteiger partial charge in [-0.15, -0.1) is 0 Å². The Morgan fingerprint density at radius 3 is 1.19 bits per heavy atom. The lowest BCUT2D eigenvalue weighted by molar-refractivity contribution is 0.239. The van der Waals surface area contributed by atoms with Crippen molar-refractivity contribution in [1.29, 1.82) is 0 Å². The number of H-pyrrole nitrogens is 1. The van der Waals surface area contributed by atoms with Crippen LogP contribution in [0.2, 0.25) is 0 Å². The number of imidazole rings is 3. The summed E-state index contributed by atoms with van der Waals surface area (Å²) >= 11 is 10.3. The van der Waals surface area contributed by atoms with Crippen molar-refractivity contribution in [3.05, 3.63) is 187 Å². The zero-order valence-electron chi connectivity index (χ0n) is 53.8. The maximum atomic E-state index is 12.3. The third kappa shape index (κ3) is 23.0. The van der Waals surface area contributed by atoms with Crippen molar-refractivity contribution in [2.45, 2.75) is 120 Å². The number of fused-ring (bicyclic) bond motifs is 3. The molecule has 7 N–H and O–H groups in total. The van der Waals surface area contributed by atoms with Crippen LogP contribution in [0.15, 0.2) is 185 Å². The number of nitrogen functional groups attached to an aromatic ring is 3. The highest BCUT2D eigenvalue weighted by Gasteiger charge is 2.21. The average molecular weight is 1570 g/mol. The summed E-state index contributed by atoms with van der Waals surface area (Å²) in [6, 6.07) is 43.8. The molecule has 3 atom stereocenters. The monoisotopic (exact) mass is 1570 g/mol. The van der Waals surface area contributed by atoms with Gasteiger partial charge in [-0.1, -0.05) is 139 Å². The van der Waals surface area contributed by atoms with E-state index in [1.807, 2.05) is 112 Å². The largest absolute Gasteiger partial charge is 0.369 e. The number of aromatic nitrogens is 6. The quantitative estimate of drug-likeness (QED) is 0.0289. The van der Waals surface area contributed by atoms with Gasteiger partial charge in [0, 0.05) is 26.5 Å². The van der Waals surface area contributed by atoms with Crippen molar-refractivity contribution < 1.29 is 50.4 Å². The Hall–Kier alpha value is -6.57. The van der Waals surface area contributed by atoms with Crippen LogP contribution < -0.4 is 17.2 Å². The number of benzene rings is 7. The summed E-state index contributed by atoms with van der Waals surface area (Å²) in [5, 5.41) is 0. The number of aromatic amines is 1. The minimum Gasteiger partial charge on any atom is -0.369 e. The van der Waals surface area contributed by atoms with E-state index in [4.69, 9.17) is 33.9 Å². The summed E-state index contributed by atoms with van der Waals surface area (Å²) in [7, 11) is -15.0. The molecule has 0 radical (unpaired) electrons. The molecule has 0 aliphatic rings. The van der Waals surface area contributed by atoms with Gasteiger partial charge in [0.2, 0.25) is 11.9 Å². The van der Waals surface area contributed by atoms with E-state index >= 15 is 0 Å². The molecule has 28 heteroatoms. The highest BCUT2D eigenvalue weighted by Crippen LogP contribution is 2.27. The van der Waals surface area contributed by atoms with Gasteiger partial charge in [-0.25, -0.2) is 15.0 Å². The molecule has 95 heavy (non-hydrogen) atoms. The molecule has 0 unspecified atom stereocenters. The summed E-state index contributed by atoms with van der Waals surface area (Å²) in [6.45, 7) is 15.2. The highest BCUT2D eigenvalue weighted by atomic mass is 79.9. The van der Waals surface area contributed by atoms with Crippen LogP contribution in [-0.4, -0.2) is 89.2 Å². The van der Waals surface area contributed by atoms with E-state index in [9.17, 15) is 33.7 Å². The van der Waals surface area contributed by atoms with Gasteiger partial charge in [0.05, 0.1) is 79.1 Å². The molecule has 0 aliphatic carbocycles. The second kappa shape index (κ2) is 34.6. The van der Waals surface area contributed by atoms with E-state index in [0.29, 0.717) is 37.2 Å². The number of hydrogen-bond acceptors (Lipinski definition) is 18. The van der Waals surface area contributed by atoms with Crippen LogP contribution >= 0.6 is 47.8 Å². The maximum absolute atomic E-state index is 12.3. The lowest BCUT2D eigenvalue weighted by Crippen LogP contribution is -2.14. The van der Waals surface area contributed by atoms with Gasteiger partial charge in [-0.2, -0.15) is 33.7 Å². The smallest absolute Gasteiger partial charge is 0.296 e. The highest BCUT2D eigenvalue weighted by molar-refractivity contribution is 9.11. The van der Waals surface area contributed by atoms with Crippen molar-refractivity contribution in [3.8, 4) is 0 Å². The molecule has 0 bridgehead atoms. The van der Waals surface area contributed by atoms with E-state index in [0.717, 1.165) is 101 Å². The zero-order valence-corrected chi connectivity index (χ0v) is 61.8. The lowest BCUT2D eigenvalue weighted by Gasteiger charge is -2.13. The summed E-state index contributed by atoms with van der Waals surface area (Å²) in [4.78, 5) is 16.4. The first-order valence-corrected chi connectivity index (χ1v) is 38.5. The van der Waals surface area contributed by atoms with E-state index in [1.165, 1.54) is 24.3 Å². The van der Waals surface area contributed by atoms with E-state index in [-0.39, 0.29) is 63.8 Å². The molecule has 10 aromatic rings. The van der Waals surface area contributed by atoms with Crippen LogP contribution in [0.1, 0.15) is 81.5 Å². The Morgan fingerprint density at radius 1 is 0.411 bits per heavy atom. The molecule has 0 saturated heterocycles. The Morgan fingerprint density at radius 2 is 0.758 bits per heavy atom. The van der Waals surface area contributed by atoms with Gasteiger partial charge < -0.3 is 31.3 Å². The Balaban J connectivity index is 0.000000186. The van der Waals surface area contributed by atoms with Crippen LogP contribution in [0.25, 0.3) is 33.1 Å². The van der Waals surface area contributed by atoms with Gasteiger partial charge in [0.25, 0.3) is 40.5 Å². The number of halogens is 3. The van der Waals surface area contributed by atoms with Crippen LogP contribution in [0, 0.1) is 45.4 Å². The fraction of sp³-hybridized carbons (Fsp3) is 0.328. The molecule has 0 spiro atoms. The number of hydrogen-bond donors (Lipinski definition) is 4. The van der Waals surface area contributed by atoms with Crippen LogP contribution in [0.4, 0.5) is 17.8 Å². The number of rotatable bonds is 26. The van der Waals surface area contributed by atoms with Crippen molar-refractivity contribution in [1.82, 2.24) is 29.1 Å². The van der Waals surface area contributed by atoms with Gasteiger partial charge in [-0.05, 0) is 187 Å². The molecule has 3 heterocycles. The van der Waals surface area contributed by atoms with Crippen LogP contribution in [0.3, 0.4) is 0 Å². The first-order chi connectivity index (χ1) is 44.9. The third-order valence-corrected chi connectivity index (χ3v) is 21.6. The lowest BCUT2D eigenvalue weighted by atomic mass is 10.1. The Bertz CT molecular complexity index is 4640. The summed E-state index contributed by atoms with van der Waals surface area (Å²) < 4.78 is 125. The van der Waals surface area contributed by atoms with Gasteiger partial charge in [0.15, 0.2) is 5.95 Å².